The van der Waals surface area contributed by atoms with Crippen molar-refractivity contribution < 1.29 is 14.3 Å². The van der Waals surface area contributed by atoms with Crippen molar-refractivity contribution in [3.63, 3.8) is 0 Å². The van der Waals surface area contributed by atoms with Crippen LogP contribution in [0.1, 0.15) is 27.2 Å². The van der Waals surface area contributed by atoms with E-state index in [1.807, 2.05) is 25.7 Å². The minimum absolute atomic E-state index is 0. The molecule has 0 saturated carbocycles. The van der Waals surface area contributed by atoms with Crippen molar-refractivity contribution >= 4 is 24.3 Å². The number of carbonyl (C=O) groups excluding carboxylic acids is 2. The monoisotopic (exact) mass is 321 g/mol. The van der Waals surface area contributed by atoms with Gasteiger partial charge in [-0.3, -0.25) is 14.5 Å². The molecule has 2 N–H and O–H groups in total. The smallest absolute Gasteiger partial charge is 0.307 e. The summed E-state index contributed by atoms with van der Waals surface area (Å²) in [5, 5.41) is 0. The van der Waals surface area contributed by atoms with Gasteiger partial charge in [0.1, 0.15) is 0 Å². The fourth-order valence-electron chi connectivity index (χ4n) is 2.33. The molecule has 0 spiro atoms. The molecule has 7 heteroatoms. The van der Waals surface area contributed by atoms with Crippen LogP contribution in [0.2, 0.25) is 0 Å². The first kappa shape index (κ1) is 20.1. The second kappa shape index (κ2) is 9.23. The Morgan fingerprint density at radius 3 is 2.10 bits per heavy atom. The molecule has 0 aromatic carbocycles. The van der Waals surface area contributed by atoms with E-state index in [1.54, 1.807) is 0 Å². The van der Waals surface area contributed by atoms with Crippen LogP contribution in [0.3, 0.4) is 0 Å². The third-order valence-electron chi connectivity index (χ3n) is 3.94. The summed E-state index contributed by atoms with van der Waals surface area (Å²) >= 11 is 0. The van der Waals surface area contributed by atoms with Crippen molar-refractivity contribution in [1.29, 1.82) is 0 Å². The largest absolute Gasteiger partial charge is 0.469 e. The maximum atomic E-state index is 12.1. The van der Waals surface area contributed by atoms with Crippen molar-refractivity contribution in [2.45, 2.75) is 39.3 Å². The molecule has 1 heterocycles. The number of nitrogens with two attached hydrogens (primary N) is 1. The van der Waals surface area contributed by atoms with Gasteiger partial charge in [-0.25, -0.2) is 0 Å². The Labute approximate surface area is 133 Å². The Hall–Kier alpha value is -0.850. The lowest BCUT2D eigenvalue weighted by molar-refractivity contribution is -0.143. The average molecular weight is 322 g/mol. The molecule has 1 fully saturated rings. The first-order valence-electron chi connectivity index (χ1n) is 7.22. The lowest BCUT2D eigenvalue weighted by Crippen LogP contribution is -2.55. The Morgan fingerprint density at radius 1 is 1.14 bits per heavy atom. The van der Waals surface area contributed by atoms with Crippen molar-refractivity contribution in [3.8, 4) is 0 Å². The average Bonchev–Trinajstić information content (AvgIpc) is 2.45. The first-order valence-corrected chi connectivity index (χ1v) is 7.22. The van der Waals surface area contributed by atoms with E-state index in [1.165, 1.54) is 7.11 Å². The summed E-state index contributed by atoms with van der Waals surface area (Å²) in [5.41, 5.74) is 5.90. The van der Waals surface area contributed by atoms with Gasteiger partial charge in [0, 0.05) is 32.2 Å². The van der Waals surface area contributed by atoms with Crippen LogP contribution in [0, 0.1) is 5.92 Å². The molecular weight excluding hydrogens is 294 g/mol. The van der Waals surface area contributed by atoms with Crippen LogP contribution >= 0.6 is 12.4 Å². The summed E-state index contributed by atoms with van der Waals surface area (Å²) in [5.74, 6) is -0.0168. The number of halogens is 1. The standard InChI is InChI=1S/C14H27N3O3.ClH/c1-10(2)13(15)14(19)17-7-5-16(6-8-17)11(3)9-12(18)20-4;/h10-11,13H,5-9,15H2,1-4H3;1H/t11?,13-;/m0./s1. The van der Waals surface area contributed by atoms with Crippen LogP contribution < -0.4 is 5.73 Å². The second-order valence-electron chi connectivity index (χ2n) is 5.76. The summed E-state index contributed by atoms with van der Waals surface area (Å²) in [4.78, 5) is 27.5. The van der Waals surface area contributed by atoms with Crippen LogP contribution in [-0.2, 0) is 14.3 Å². The molecule has 1 aliphatic rings. The van der Waals surface area contributed by atoms with Crippen molar-refractivity contribution in [3.05, 3.63) is 0 Å². The van der Waals surface area contributed by atoms with Crippen LogP contribution in [0.15, 0.2) is 0 Å². The number of esters is 1. The predicted octanol–water partition coefficient (Wildman–Crippen LogP) is 0.487. The highest BCUT2D eigenvalue weighted by atomic mass is 35.5. The van der Waals surface area contributed by atoms with Crippen molar-refractivity contribution in [2.24, 2.45) is 11.7 Å². The van der Waals surface area contributed by atoms with Gasteiger partial charge in [0.2, 0.25) is 5.91 Å². The molecule has 1 saturated heterocycles. The Balaban J connectivity index is 0.00000400. The molecular formula is C14H28ClN3O3. The zero-order valence-corrected chi connectivity index (χ0v) is 14.2. The van der Waals surface area contributed by atoms with E-state index < -0.39 is 6.04 Å². The van der Waals surface area contributed by atoms with Crippen LogP contribution in [0.4, 0.5) is 0 Å². The zero-order valence-electron chi connectivity index (χ0n) is 13.4. The van der Waals surface area contributed by atoms with Crippen molar-refractivity contribution in [2.75, 3.05) is 33.3 Å². The molecule has 1 amide bonds. The van der Waals surface area contributed by atoms with E-state index in [0.717, 1.165) is 13.1 Å². The highest BCUT2D eigenvalue weighted by molar-refractivity contribution is 5.85. The van der Waals surface area contributed by atoms with Gasteiger partial charge >= 0.3 is 5.97 Å². The quantitative estimate of drug-likeness (QED) is 0.746. The molecule has 2 atom stereocenters. The number of rotatable bonds is 5. The van der Waals surface area contributed by atoms with E-state index in [9.17, 15) is 9.59 Å². The molecule has 0 bridgehead atoms. The van der Waals surface area contributed by atoms with Gasteiger partial charge in [0.05, 0.1) is 19.6 Å². The number of carbonyl (C=O) groups is 2. The van der Waals surface area contributed by atoms with Crippen LogP contribution in [-0.4, -0.2) is 67.0 Å². The molecule has 21 heavy (non-hydrogen) atoms. The number of amides is 1. The summed E-state index contributed by atoms with van der Waals surface area (Å²) < 4.78 is 4.68. The van der Waals surface area contributed by atoms with Crippen LogP contribution in [0.25, 0.3) is 0 Å². The van der Waals surface area contributed by atoms with Crippen LogP contribution in [0.5, 0.6) is 0 Å². The summed E-state index contributed by atoms with van der Waals surface area (Å²) in [6, 6.07) is -0.285. The molecule has 6 nitrogen and oxygen atoms in total. The predicted molar refractivity (Wildman–Crippen MR) is 84.3 cm³/mol. The van der Waals surface area contributed by atoms with Gasteiger partial charge in [-0.05, 0) is 12.8 Å². The molecule has 0 aromatic rings. The van der Waals surface area contributed by atoms with Crippen molar-refractivity contribution in [1.82, 2.24) is 9.80 Å². The van der Waals surface area contributed by atoms with E-state index in [-0.39, 0.29) is 36.2 Å². The number of hydrogen-bond acceptors (Lipinski definition) is 5. The highest BCUT2D eigenvalue weighted by Gasteiger charge is 2.28. The van der Waals surface area contributed by atoms with E-state index in [2.05, 4.69) is 9.64 Å². The Bertz CT molecular complexity index is 344. The molecule has 1 rings (SSSR count). The number of piperazine rings is 1. The second-order valence-corrected chi connectivity index (χ2v) is 5.76. The Morgan fingerprint density at radius 2 is 1.67 bits per heavy atom. The number of methoxy groups -OCH3 is 1. The zero-order chi connectivity index (χ0) is 15.3. The number of ether oxygens (including phenoxy) is 1. The SMILES string of the molecule is COC(=O)CC(C)N1CCN(C(=O)[C@@H](N)C(C)C)CC1.Cl. The first-order chi connectivity index (χ1) is 9.36. The van der Waals surface area contributed by atoms with Gasteiger partial charge in [-0.2, -0.15) is 0 Å². The summed E-state index contributed by atoms with van der Waals surface area (Å²) in [6.45, 7) is 8.81. The lowest BCUT2D eigenvalue weighted by atomic mass is 10.0. The minimum Gasteiger partial charge on any atom is -0.469 e. The van der Waals surface area contributed by atoms with E-state index in [0.29, 0.717) is 19.5 Å². The third-order valence-corrected chi connectivity index (χ3v) is 3.94. The molecule has 1 unspecified atom stereocenters. The minimum atomic E-state index is -0.422. The van der Waals surface area contributed by atoms with Gasteiger partial charge in [0.25, 0.3) is 0 Å². The molecule has 0 aliphatic carbocycles. The molecule has 1 aliphatic heterocycles. The molecule has 124 valence electrons. The normalized spacial score (nSPS) is 18.9. The highest BCUT2D eigenvalue weighted by Crippen LogP contribution is 2.12. The molecule has 0 radical (unpaired) electrons. The number of hydrogen-bond donors (Lipinski definition) is 1. The summed E-state index contributed by atoms with van der Waals surface area (Å²) in [6.07, 6.45) is 0.385. The van der Waals surface area contributed by atoms with Gasteiger partial charge in [0.15, 0.2) is 0 Å². The maximum absolute atomic E-state index is 12.1. The molecule has 0 aromatic heterocycles. The van der Waals surface area contributed by atoms with E-state index in [4.69, 9.17) is 5.73 Å². The Kier molecular flexibility index (Phi) is 8.85. The van der Waals surface area contributed by atoms with E-state index >= 15 is 0 Å². The van der Waals surface area contributed by atoms with Gasteiger partial charge in [-0.15, -0.1) is 12.4 Å². The topological polar surface area (TPSA) is 75.9 Å². The lowest BCUT2D eigenvalue weighted by Gasteiger charge is -2.39. The van der Waals surface area contributed by atoms with Gasteiger partial charge in [-0.1, -0.05) is 13.8 Å². The summed E-state index contributed by atoms with van der Waals surface area (Å²) in [7, 11) is 1.40. The fourth-order valence-corrected chi connectivity index (χ4v) is 2.33. The third kappa shape index (κ3) is 5.80. The fraction of sp³-hybridized carbons (Fsp3) is 0.857. The van der Waals surface area contributed by atoms with Gasteiger partial charge < -0.3 is 15.4 Å². The number of nitrogens with zero attached hydrogens (tertiary/aromatic N) is 2. The maximum Gasteiger partial charge on any atom is 0.307 e.